The number of hydrogen-bond donors (Lipinski definition) is 2. The molecule has 2 N–H and O–H groups in total. The van der Waals surface area contributed by atoms with Gasteiger partial charge in [-0.15, -0.1) is 5.92 Å². The van der Waals surface area contributed by atoms with Crippen LogP contribution in [0.5, 0.6) is 0 Å². The van der Waals surface area contributed by atoms with Crippen LogP contribution in [0.25, 0.3) is 11.2 Å². The van der Waals surface area contributed by atoms with Crippen LogP contribution in [-0.4, -0.2) is 85.6 Å². The van der Waals surface area contributed by atoms with Crippen LogP contribution >= 0.6 is 0 Å². The van der Waals surface area contributed by atoms with E-state index in [1.807, 2.05) is 47.9 Å². The van der Waals surface area contributed by atoms with Gasteiger partial charge in [0.2, 0.25) is 5.95 Å². The Hall–Kier alpha value is -3.57. The van der Waals surface area contributed by atoms with Gasteiger partial charge in [0.15, 0.2) is 11.2 Å². The number of benzene rings is 2. The molecule has 14 heteroatoms. The molecule has 0 spiro atoms. The first kappa shape index (κ1) is 40.4. The monoisotopic (exact) mass is 668 g/mol. The Labute approximate surface area is 288 Å². The van der Waals surface area contributed by atoms with Crippen molar-refractivity contribution in [3.05, 3.63) is 94.9 Å². The molecule has 2 aromatic heterocycles. The average Bonchev–Trinajstić information content (AvgIpc) is 3.40. The number of carboxylic acids is 1. The van der Waals surface area contributed by atoms with Gasteiger partial charge >= 0.3 is 35.2 Å². The van der Waals surface area contributed by atoms with Gasteiger partial charge in [0.1, 0.15) is 5.82 Å². The quantitative estimate of drug-likeness (QED) is 0.177. The van der Waals surface area contributed by atoms with Crippen LogP contribution < -0.4 is 28.2 Å². The van der Waals surface area contributed by atoms with E-state index in [-0.39, 0.29) is 41.0 Å². The maximum atomic E-state index is 13.2. The van der Waals surface area contributed by atoms with E-state index in [1.54, 1.807) is 11.6 Å². The summed E-state index contributed by atoms with van der Waals surface area (Å²) in [5, 5.41) is 10.5. The van der Waals surface area contributed by atoms with Crippen molar-refractivity contribution in [3.8, 4) is 11.8 Å². The number of imidazole rings is 1. The molecule has 46 heavy (non-hydrogen) atoms. The molecule has 0 aliphatic carbocycles. The van der Waals surface area contributed by atoms with Crippen LogP contribution in [-0.2, 0) is 37.6 Å². The van der Waals surface area contributed by atoms with Crippen molar-refractivity contribution in [3.63, 3.8) is 0 Å². The Bertz CT molecular complexity index is 1630. The molecule has 0 radical (unpaired) electrons. The third-order valence-corrected chi connectivity index (χ3v) is 6.73. The molecule has 0 unspecified atom stereocenters. The van der Waals surface area contributed by atoms with E-state index >= 15 is 0 Å². The van der Waals surface area contributed by atoms with Crippen molar-refractivity contribution in [2.24, 2.45) is 7.05 Å². The summed E-state index contributed by atoms with van der Waals surface area (Å²) in [6.45, 7) is 9.50. The fourth-order valence-corrected chi connectivity index (χ4v) is 4.37. The van der Waals surface area contributed by atoms with Gasteiger partial charge in [-0.2, -0.15) is 24.6 Å². The van der Waals surface area contributed by atoms with E-state index < -0.39 is 12.1 Å². The number of nitrogens with one attached hydrogen (secondary N) is 1. The molecular formula is C32H36ClF3MgN6O3. The van der Waals surface area contributed by atoms with Crippen molar-refractivity contribution in [1.82, 2.24) is 24.4 Å². The van der Waals surface area contributed by atoms with Crippen LogP contribution in [0.3, 0.4) is 0 Å². The van der Waals surface area contributed by atoms with E-state index in [4.69, 9.17) is 19.9 Å². The van der Waals surface area contributed by atoms with Gasteiger partial charge in [0.25, 0.3) is 5.56 Å². The number of fused-ring (bicyclic) bond motifs is 1. The second-order valence-corrected chi connectivity index (χ2v) is 9.75. The zero-order valence-corrected chi connectivity index (χ0v) is 28.0. The first-order valence-corrected chi connectivity index (χ1v) is 14.0. The smallest absolute Gasteiger partial charge is 1.00 e. The molecule has 1 saturated heterocycles. The third-order valence-electron chi connectivity index (χ3n) is 6.73. The Morgan fingerprint density at radius 3 is 2.02 bits per heavy atom. The third kappa shape index (κ3) is 11.7. The van der Waals surface area contributed by atoms with Gasteiger partial charge in [-0.1, -0.05) is 72.1 Å². The summed E-state index contributed by atoms with van der Waals surface area (Å²) in [5.74, 6) is 4.79. The van der Waals surface area contributed by atoms with Gasteiger partial charge in [-0.25, -0.2) is 9.78 Å². The number of aromatic nitrogens is 4. The van der Waals surface area contributed by atoms with Crippen LogP contribution in [0, 0.1) is 18.8 Å². The summed E-state index contributed by atoms with van der Waals surface area (Å²) in [6.07, 6.45) is -2.67. The normalized spacial score (nSPS) is 12.2. The summed E-state index contributed by atoms with van der Waals surface area (Å²) in [6, 6.07) is 20.5. The summed E-state index contributed by atoms with van der Waals surface area (Å²) in [5.41, 5.74) is 3.51. The zero-order chi connectivity index (χ0) is 32.1. The van der Waals surface area contributed by atoms with E-state index in [0.29, 0.717) is 24.1 Å². The van der Waals surface area contributed by atoms with Crippen molar-refractivity contribution in [1.29, 1.82) is 0 Å². The second kappa shape index (κ2) is 19.8. The standard InChI is InChI=1S/C22H26N6O.C8H9.C2HF3O2.ClH.Mg/c1-3-4-14-28-19-20(25-22(28)27-15-12-23-13-16-27)24-18(26(2)21(19)29)11-10-17-8-6-5-7-9-17;1-2-8-6-4-3-5-7-8;3-2(4,5)1(6)7;;/h5-9,23H,10-16H2,1-2H3;3-7H,1-2H2;(H,6,7);1H;/q;-1;;;+2/p-1. The molecule has 1 aliphatic heterocycles. The SMILES string of the molecule is CC#CCn1c(N2CCNCC2)nc2nc(CCc3ccccc3)n(C)c(=O)c21.O=C(O)C(F)(F)F.[CH2-]Cc1ccccc1.[Cl-].[Mg+2]. The first-order chi connectivity index (χ1) is 21.1. The zero-order valence-electron chi connectivity index (χ0n) is 25.9. The van der Waals surface area contributed by atoms with Crippen LogP contribution in [0.4, 0.5) is 19.1 Å². The largest absolute Gasteiger partial charge is 2.00 e. The number of carboxylic acid groups (broad SMARTS) is 1. The van der Waals surface area contributed by atoms with Crippen molar-refractivity contribution in [2.45, 2.75) is 38.9 Å². The number of aryl methyl sites for hydroxylation is 2. The summed E-state index contributed by atoms with van der Waals surface area (Å²) >= 11 is 0. The molecule has 0 bridgehead atoms. The maximum absolute atomic E-state index is 13.2. The van der Waals surface area contributed by atoms with Crippen molar-refractivity contribution in [2.75, 3.05) is 31.1 Å². The Morgan fingerprint density at radius 1 is 1.00 bits per heavy atom. The molecule has 3 heterocycles. The summed E-state index contributed by atoms with van der Waals surface area (Å²) < 4.78 is 35.3. The number of alkyl halides is 3. The predicted molar refractivity (Wildman–Crippen MR) is 170 cm³/mol. The maximum Gasteiger partial charge on any atom is 2.00 e. The number of halogens is 4. The molecule has 0 amide bonds. The molecule has 0 atom stereocenters. The Balaban J connectivity index is 0.000000517. The van der Waals surface area contributed by atoms with Gasteiger partial charge in [0, 0.05) is 39.6 Å². The average molecular weight is 669 g/mol. The topological polar surface area (TPSA) is 105 Å². The minimum absolute atomic E-state index is 0. The number of anilines is 1. The molecular weight excluding hydrogens is 633 g/mol. The predicted octanol–water partition coefficient (Wildman–Crippen LogP) is 0.668. The van der Waals surface area contributed by atoms with Gasteiger partial charge in [-0.05, 0) is 18.9 Å². The van der Waals surface area contributed by atoms with Crippen LogP contribution in [0.15, 0.2) is 65.5 Å². The van der Waals surface area contributed by atoms with Crippen molar-refractivity contribution < 1.29 is 35.5 Å². The fourth-order valence-electron chi connectivity index (χ4n) is 4.37. The number of carbonyl (C=O) groups is 1. The van der Waals surface area contributed by atoms with Crippen LogP contribution in [0.2, 0.25) is 0 Å². The second-order valence-electron chi connectivity index (χ2n) is 9.75. The fraction of sp³-hybridized carbons (Fsp3) is 0.344. The summed E-state index contributed by atoms with van der Waals surface area (Å²) in [4.78, 5) is 33.9. The number of hydrogen-bond acceptors (Lipinski definition) is 6. The van der Waals surface area contributed by atoms with Gasteiger partial charge < -0.3 is 34.7 Å². The first-order valence-electron chi connectivity index (χ1n) is 14.0. The number of piperazine rings is 1. The molecule has 9 nitrogen and oxygen atoms in total. The van der Waals surface area contributed by atoms with E-state index in [1.165, 1.54) is 11.1 Å². The van der Waals surface area contributed by atoms with E-state index in [9.17, 15) is 18.0 Å². The molecule has 1 aliphatic rings. The van der Waals surface area contributed by atoms with Gasteiger partial charge in [-0.3, -0.25) is 13.9 Å². The van der Waals surface area contributed by atoms with E-state index in [0.717, 1.165) is 50.8 Å². The molecule has 5 rings (SSSR count). The van der Waals surface area contributed by atoms with Crippen LogP contribution in [0.1, 0.15) is 23.9 Å². The summed E-state index contributed by atoms with van der Waals surface area (Å²) in [7, 11) is 1.79. The van der Waals surface area contributed by atoms with Crippen molar-refractivity contribution >= 4 is 46.1 Å². The molecule has 2 aromatic carbocycles. The number of nitrogens with zero attached hydrogens (tertiary/aromatic N) is 5. The minimum atomic E-state index is -5.08. The number of aliphatic carboxylic acids is 1. The molecule has 0 saturated carbocycles. The molecule has 242 valence electrons. The minimum Gasteiger partial charge on any atom is -1.00 e. The Kier molecular flexibility index (Phi) is 17.4. The number of rotatable bonds is 6. The Morgan fingerprint density at radius 2 is 1.54 bits per heavy atom. The molecule has 1 fully saturated rings. The van der Waals surface area contributed by atoms with Gasteiger partial charge in [0.05, 0.1) is 6.54 Å². The molecule has 4 aromatic rings. The van der Waals surface area contributed by atoms with E-state index in [2.05, 4.69) is 53.2 Å².